The van der Waals surface area contributed by atoms with Crippen LogP contribution in [0.3, 0.4) is 0 Å². The molecule has 3 nitrogen and oxygen atoms in total. The zero-order valence-electron chi connectivity index (χ0n) is 9.59. The van der Waals surface area contributed by atoms with Gasteiger partial charge < -0.3 is 5.32 Å². The largest absolute Gasteiger partial charge is 0.351 e. The van der Waals surface area contributed by atoms with Crippen LogP contribution in [0.25, 0.3) is 0 Å². The first-order valence-corrected chi connectivity index (χ1v) is 6.83. The third-order valence-corrected chi connectivity index (χ3v) is 4.12. The van der Waals surface area contributed by atoms with Crippen molar-refractivity contribution in [2.45, 2.75) is 26.2 Å². The maximum Gasteiger partial charge on any atom is 0.254 e. The van der Waals surface area contributed by atoms with Crippen LogP contribution in [0.5, 0.6) is 0 Å². The number of halogens is 2. The Balaban J connectivity index is 2.02. The van der Waals surface area contributed by atoms with Gasteiger partial charge >= 0.3 is 0 Å². The number of amides is 1. The van der Waals surface area contributed by atoms with Crippen LogP contribution >= 0.6 is 27.5 Å². The maximum absolute atomic E-state index is 12.0. The molecule has 1 aliphatic carbocycles. The number of nitrogens with zero attached hydrogens (tertiary/aromatic N) is 1. The van der Waals surface area contributed by atoms with E-state index in [0.717, 1.165) is 17.4 Å². The normalized spacial score (nSPS) is 16.6. The van der Waals surface area contributed by atoms with Gasteiger partial charge in [-0.25, -0.2) is 4.98 Å². The fourth-order valence-corrected chi connectivity index (χ4v) is 2.30. The lowest BCUT2D eigenvalue weighted by atomic mass is 10.0. The molecule has 5 heteroatoms. The summed E-state index contributed by atoms with van der Waals surface area (Å²) in [5.74, 6) is -0.150. The number of aromatic nitrogens is 1. The molecular formula is C12H14BrClN2O. The highest BCUT2D eigenvalue weighted by atomic mass is 79.9. The van der Waals surface area contributed by atoms with Gasteiger partial charge in [0.1, 0.15) is 5.15 Å². The molecule has 0 saturated heterocycles. The second-order valence-electron chi connectivity index (χ2n) is 4.53. The summed E-state index contributed by atoms with van der Waals surface area (Å²) >= 11 is 9.18. The van der Waals surface area contributed by atoms with E-state index in [1.165, 1.54) is 12.8 Å². The molecule has 1 heterocycles. The molecule has 17 heavy (non-hydrogen) atoms. The molecule has 1 amide bonds. The summed E-state index contributed by atoms with van der Waals surface area (Å²) in [6.07, 6.45) is 5.09. The molecule has 1 aromatic rings. The first-order chi connectivity index (χ1) is 8.06. The van der Waals surface area contributed by atoms with Crippen LogP contribution in [0.4, 0.5) is 0 Å². The number of hydrogen-bond donors (Lipinski definition) is 1. The predicted molar refractivity (Wildman–Crippen MR) is 71.2 cm³/mol. The van der Waals surface area contributed by atoms with Gasteiger partial charge in [0.25, 0.3) is 5.91 Å². The van der Waals surface area contributed by atoms with Crippen molar-refractivity contribution in [2.75, 3.05) is 6.54 Å². The van der Waals surface area contributed by atoms with Gasteiger partial charge in [0.15, 0.2) is 0 Å². The average molecular weight is 318 g/mol. The minimum absolute atomic E-state index is 0.150. The van der Waals surface area contributed by atoms with Crippen molar-refractivity contribution in [3.8, 4) is 0 Å². The van der Waals surface area contributed by atoms with Gasteiger partial charge in [0, 0.05) is 17.2 Å². The number of carbonyl (C=O) groups is 1. The predicted octanol–water partition coefficient (Wildman–Crippen LogP) is 3.42. The summed E-state index contributed by atoms with van der Waals surface area (Å²) < 4.78 is 0.753. The van der Waals surface area contributed by atoms with Gasteiger partial charge in [-0.15, -0.1) is 0 Å². The minimum Gasteiger partial charge on any atom is -0.351 e. The lowest BCUT2D eigenvalue weighted by Gasteiger charge is -2.13. The van der Waals surface area contributed by atoms with E-state index < -0.39 is 0 Å². The van der Waals surface area contributed by atoms with Gasteiger partial charge in [-0.2, -0.15) is 0 Å². The highest BCUT2D eigenvalue weighted by molar-refractivity contribution is 9.10. The van der Waals surface area contributed by atoms with Crippen LogP contribution < -0.4 is 5.32 Å². The van der Waals surface area contributed by atoms with Crippen molar-refractivity contribution >= 4 is 33.4 Å². The first kappa shape index (κ1) is 12.8. The topological polar surface area (TPSA) is 42.0 Å². The fourth-order valence-electron chi connectivity index (χ4n) is 1.78. The van der Waals surface area contributed by atoms with E-state index in [1.807, 2.05) is 0 Å². The molecule has 92 valence electrons. The molecule has 0 atom stereocenters. The zero-order valence-corrected chi connectivity index (χ0v) is 11.9. The van der Waals surface area contributed by atoms with Crippen LogP contribution in [-0.2, 0) is 0 Å². The summed E-state index contributed by atoms with van der Waals surface area (Å²) in [5, 5.41) is 3.18. The standard InChI is InChI=1S/C12H14BrClN2O/c1-2-12(3-4-12)7-16-11(17)9-5-8(13)6-15-10(9)14/h5-6H,2-4,7H2,1H3,(H,16,17). The highest BCUT2D eigenvalue weighted by Crippen LogP contribution is 2.47. The number of pyridine rings is 1. The van der Waals surface area contributed by atoms with Crippen LogP contribution in [0.1, 0.15) is 36.5 Å². The summed E-state index contributed by atoms with van der Waals surface area (Å²) in [4.78, 5) is 15.9. The second-order valence-corrected chi connectivity index (χ2v) is 5.80. The summed E-state index contributed by atoms with van der Waals surface area (Å²) in [7, 11) is 0. The van der Waals surface area contributed by atoms with Gasteiger partial charge in [-0.05, 0) is 46.7 Å². The molecule has 0 unspecified atom stereocenters. The Labute approximate surface area is 114 Å². The third kappa shape index (κ3) is 2.99. The van der Waals surface area contributed by atoms with Crippen molar-refractivity contribution in [2.24, 2.45) is 5.41 Å². The first-order valence-electron chi connectivity index (χ1n) is 5.65. The molecule has 0 radical (unpaired) electrons. The van der Waals surface area contributed by atoms with Crippen LogP contribution in [0.15, 0.2) is 16.7 Å². The van der Waals surface area contributed by atoms with Crippen molar-refractivity contribution in [1.82, 2.24) is 10.3 Å². The minimum atomic E-state index is -0.150. The van der Waals surface area contributed by atoms with Crippen molar-refractivity contribution < 1.29 is 4.79 Å². The summed E-state index contributed by atoms with van der Waals surface area (Å²) in [6, 6.07) is 1.69. The summed E-state index contributed by atoms with van der Waals surface area (Å²) in [6.45, 7) is 2.89. The fraction of sp³-hybridized carbons (Fsp3) is 0.500. The molecule has 1 N–H and O–H groups in total. The smallest absolute Gasteiger partial charge is 0.254 e. The molecule has 0 spiro atoms. The van der Waals surface area contributed by atoms with Gasteiger partial charge in [-0.1, -0.05) is 18.5 Å². The third-order valence-electron chi connectivity index (χ3n) is 3.38. The Kier molecular flexibility index (Phi) is 3.73. The number of carbonyl (C=O) groups excluding carboxylic acids is 1. The van der Waals surface area contributed by atoms with Gasteiger partial charge in [-0.3, -0.25) is 4.79 Å². The molecule has 1 saturated carbocycles. The molecule has 1 fully saturated rings. The molecule has 0 aliphatic heterocycles. The molecule has 1 aliphatic rings. The Hall–Kier alpha value is -0.610. The maximum atomic E-state index is 12.0. The van der Waals surface area contributed by atoms with E-state index in [9.17, 15) is 4.79 Å². The van der Waals surface area contributed by atoms with E-state index in [-0.39, 0.29) is 11.1 Å². The van der Waals surface area contributed by atoms with Gasteiger partial charge in [0.05, 0.1) is 5.56 Å². The SMILES string of the molecule is CCC1(CNC(=O)c2cc(Br)cnc2Cl)CC1. The van der Waals surface area contributed by atoms with E-state index in [2.05, 4.69) is 33.2 Å². The quantitative estimate of drug-likeness (QED) is 0.865. The van der Waals surface area contributed by atoms with Crippen molar-refractivity contribution in [3.63, 3.8) is 0 Å². The number of hydrogen-bond acceptors (Lipinski definition) is 2. The molecule has 0 aromatic carbocycles. The molecular weight excluding hydrogens is 304 g/mol. The number of nitrogens with one attached hydrogen (secondary N) is 1. The van der Waals surface area contributed by atoms with E-state index in [0.29, 0.717) is 11.0 Å². The van der Waals surface area contributed by atoms with E-state index in [1.54, 1.807) is 12.3 Å². The van der Waals surface area contributed by atoms with Gasteiger partial charge in [0.2, 0.25) is 0 Å². The van der Waals surface area contributed by atoms with Crippen molar-refractivity contribution in [1.29, 1.82) is 0 Å². The Bertz CT molecular complexity index is 446. The average Bonchev–Trinajstić information content (AvgIpc) is 3.10. The van der Waals surface area contributed by atoms with Crippen LogP contribution in [-0.4, -0.2) is 17.4 Å². The lowest BCUT2D eigenvalue weighted by molar-refractivity contribution is 0.0944. The Morgan fingerprint density at radius 1 is 1.65 bits per heavy atom. The second kappa shape index (κ2) is 4.94. The van der Waals surface area contributed by atoms with E-state index in [4.69, 9.17) is 11.6 Å². The summed E-state index contributed by atoms with van der Waals surface area (Å²) in [5.41, 5.74) is 0.759. The zero-order chi connectivity index (χ0) is 12.5. The monoisotopic (exact) mass is 316 g/mol. The molecule has 0 bridgehead atoms. The van der Waals surface area contributed by atoms with Crippen LogP contribution in [0.2, 0.25) is 5.15 Å². The van der Waals surface area contributed by atoms with E-state index >= 15 is 0 Å². The molecule has 1 aromatic heterocycles. The van der Waals surface area contributed by atoms with Crippen LogP contribution in [0, 0.1) is 5.41 Å². The lowest BCUT2D eigenvalue weighted by Crippen LogP contribution is -2.30. The Morgan fingerprint density at radius 3 is 2.94 bits per heavy atom. The van der Waals surface area contributed by atoms with Crippen molar-refractivity contribution in [3.05, 3.63) is 27.5 Å². The number of rotatable bonds is 4. The highest BCUT2D eigenvalue weighted by Gasteiger charge is 2.40. The molecule has 2 rings (SSSR count). The Morgan fingerprint density at radius 2 is 2.35 bits per heavy atom.